The van der Waals surface area contributed by atoms with Gasteiger partial charge in [0.05, 0.1) is 30.0 Å². The van der Waals surface area contributed by atoms with Crippen molar-refractivity contribution in [2.45, 2.75) is 131 Å². The largest absolute Gasteiger partial charge is 0.495 e. The number of para-hydroxylation sites is 1. The van der Waals surface area contributed by atoms with Crippen molar-refractivity contribution in [2.24, 2.45) is 11.3 Å². The molecule has 2 atom stereocenters. The Balaban J connectivity index is 1.79. The molecule has 14 heteroatoms. The Hall–Kier alpha value is -4.46. The quantitative estimate of drug-likeness (QED) is 0.0703. The van der Waals surface area contributed by atoms with Gasteiger partial charge in [-0.25, -0.2) is 27.3 Å². The van der Waals surface area contributed by atoms with Crippen molar-refractivity contribution in [3.05, 3.63) is 69.5 Å². The van der Waals surface area contributed by atoms with Gasteiger partial charge < -0.3 is 15.4 Å². The lowest BCUT2D eigenvalue weighted by atomic mass is 9.86. The zero-order chi connectivity index (χ0) is 41.5. The molecule has 0 saturated heterocycles. The molecule has 2 N–H and O–H groups in total. The van der Waals surface area contributed by atoms with Gasteiger partial charge in [0.25, 0.3) is 5.91 Å². The minimum atomic E-state index is -3.48. The van der Waals surface area contributed by atoms with Gasteiger partial charge in [-0.05, 0) is 43.2 Å². The fourth-order valence-electron chi connectivity index (χ4n) is 6.50. The van der Waals surface area contributed by atoms with Crippen LogP contribution in [0.15, 0.2) is 58.1 Å². The third kappa shape index (κ3) is 13.1. The first kappa shape index (κ1) is 45.9. The Morgan fingerprint density at radius 3 is 1.93 bits per heavy atom. The van der Waals surface area contributed by atoms with Crippen LogP contribution >= 0.6 is 0 Å². The predicted molar refractivity (Wildman–Crippen MR) is 223 cm³/mol. The summed E-state index contributed by atoms with van der Waals surface area (Å²) in [7, 11) is -2.10. The number of amides is 2. The number of anilines is 2. The number of carbonyl (C=O) groups is 3. The molecule has 0 fully saturated rings. The SMILES string of the molecule is CCCCCCCCCCCCS(=O)(=O)CC(C)C(=O)Nc1ccc(OC)c(NC(=O)C(C(=O)C(C)(C)C)n2c(=O)n(CCCC)n(-c3ccccc3)c2=O)c1. The number of nitrogens with zero attached hydrogens (tertiary/aromatic N) is 3. The fraction of sp³-hybridized carbons (Fsp3) is 0.595. The second-order valence-corrected chi connectivity index (χ2v) is 17.9. The van der Waals surface area contributed by atoms with Crippen LogP contribution in [0.25, 0.3) is 5.69 Å². The lowest BCUT2D eigenvalue weighted by molar-refractivity contribution is -0.135. The van der Waals surface area contributed by atoms with E-state index in [2.05, 4.69) is 17.6 Å². The van der Waals surface area contributed by atoms with Crippen molar-refractivity contribution in [3.8, 4) is 11.4 Å². The minimum absolute atomic E-state index is 0.0236. The molecule has 0 spiro atoms. The number of hydrogen-bond acceptors (Lipinski definition) is 8. The van der Waals surface area contributed by atoms with Gasteiger partial charge in [-0.15, -0.1) is 0 Å². The molecule has 0 radical (unpaired) electrons. The highest BCUT2D eigenvalue weighted by atomic mass is 32.2. The zero-order valence-electron chi connectivity index (χ0n) is 34.4. The van der Waals surface area contributed by atoms with E-state index >= 15 is 0 Å². The van der Waals surface area contributed by atoms with E-state index in [4.69, 9.17) is 4.74 Å². The van der Waals surface area contributed by atoms with E-state index in [-0.39, 0.29) is 35.2 Å². The highest BCUT2D eigenvalue weighted by Gasteiger charge is 2.40. The third-order valence-electron chi connectivity index (χ3n) is 9.76. The highest BCUT2D eigenvalue weighted by molar-refractivity contribution is 7.91. The van der Waals surface area contributed by atoms with E-state index < -0.39 is 56.2 Å². The van der Waals surface area contributed by atoms with Gasteiger partial charge in [0.15, 0.2) is 21.7 Å². The number of methoxy groups -OCH3 is 1. The van der Waals surface area contributed by atoms with E-state index in [9.17, 15) is 32.4 Å². The monoisotopic (exact) mass is 797 g/mol. The number of rotatable bonds is 24. The van der Waals surface area contributed by atoms with Crippen LogP contribution in [0.4, 0.5) is 11.4 Å². The number of sulfone groups is 1. The maximum absolute atomic E-state index is 14.2. The van der Waals surface area contributed by atoms with Crippen LogP contribution in [0.5, 0.6) is 5.75 Å². The molecule has 1 heterocycles. The van der Waals surface area contributed by atoms with Gasteiger partial charge in [-0.2, -0.15) is 4.68 Å². The molecule has 0 aliphatic heterocycles. The molecule has 3 rings (SSSR count). The van der Waals surface area contributed by atoms with E-state index in [0.29, 0.717) is 23.1 Å². The van der Waals surface area contributed by atoms with Crippen LogP contribution in [-0.4, -0.2) is 58.6 Å². The van der Waals surface area contributed by atoms with Crippen molar-refractivity contribution in [2.75, 3.05) is 29.2 Å². The van der Waals surface area contributed by atoms with Crippen LogP contribution in [-0.2, 0) is 30.8 Å². The predicted octanol–water partition coefficient (Wildman–Crippen LogP) is 7.31. The summed E-state index contributed by atoms with van der Waals surface area (Å²) in [5.41, 5.74) is -2.10. The Morgan fingerprint density at radius 2 is 1.36 bits per heavy atom. The van der Waals surface area contributed by atoms with E-state index in [1.807, 2.05) is 6.92 Å². The first-order valence-corrected chi connectivity index (χ1v) is 21.9. The molecule has 13 nitrogen and oxygen atoms in total. The van der Waals surface area contributed by atoms with Crippen LogP contribution in [0.3, 0.4) is 0 Å². The molecule has 2 amide bonds. The number of carbonyl (C=O) groups excluding carboxylic acids is 3. The zero-order valence-corrected chi connectivity index (χ0v) is 35.2. The van der Waals surface area contributed by atoms with Gasteiger partial charge in [0, 0.05) is 23.6 Å². The van der Waals surface area contributed by atoms with Crippen molar-refractivity contribution in [1.29, 1.82) is 0 Å². The first-order valence-electron chi connectivity index (χ1n) is 20.1. The van der Waals surface area contributed by atoms with Gasteiger partial charge in [0.1, 0.15) is 5.75 Å². The highest BCUT2D eigenvalue weighted by Crippen LogP contribution is 2.30. The summed E-state index contributed by atoms with van der Waals surface area (Å²) in [5, 5.41) is 5.39. The summed E-state index contributed by atoms with van der Waals surface area (Å²) in [5.74, 6) is -3.10. The molecule has 2 aromatic carbocycles. The average molecular weight is 798 g/mol. The van der Waals surface area contributed by atoms with Crippen LogP contribution in [0.2, 0.25) is 0 Å². The molecule has 0 bridgehead atoms. The van der Waals surface area contributed by atoms with Gasteiger partial charge in [-0.1, -0.05) is 124 Å². The fourth-order valence-corrected chi connectivity index (χ4v) is 8.23. The molecule has 3 aromatic rings. The maximum Gasteiger partial charge on any atom is 0.353 e. The molecular weight excluding hydrogens is 735 g/mol. The topological polar surface area (TPSA) is 168 Å². The van der Waals surface area contributed by atoms with E-state index in [0.717, 1.165) is 25.7 Å². The number of nitrogens with one attached hydrogen (secondary N) is 2. The minimum Gasteiger partial charge on any atom is -0.495 e. The molecule has 310 valence electrons. The average Bonchev–Trinajstić information content (AvgIpc) is 3.39. The summed E-state index contributed by atoms with van der Waals surface area (Å²) < 4.78 is 34.3. The Bertz CT molecular complexity index is 1980. The van der Waals surface area contributed by atoms with Gasteiger partial charge in [-0.3, -0.25) is 14.4 Å². The molecular formula is C42H63N5O8S. The second kappa shape index (κ2) is 21.7. The second-order valence-electron chi connectivity index (χ2n) is 15.7. The summed E-state index contributed by atoms with van der Waals surface area (Å²) in [6, 6.07) is 11.1. The molecule has 56 heavy (non-hydrogen) atoms. The van der Waals surface area contributed by atoms with Crippen molar-refractivity contribution in [3.63, 3.8) is 0 Å². The Kier molecular flexibility index (Phi) is 17.8. The van der Waals surface area contributed by atoms with Crippen molar-refractivity contribution >= 4 is 38.8 Å². The molecule has 1 aromatic heterocycles. The summed E-state index contributed by atoms with van der Waals surface area (Å²) in [4.78, 5) is 69.4. The Morgan fingerprint density at radius 1 is 0.768 bits per heavy atom. The maximum atomic E-state index is 14.2. The number of ether oxygens (including phenoxy) is 1. The summed E-state index contributed by atoms with van der Waals surface area (Å²) in [6.45, 7) is 10.7. The van der Waals surface area contributed by atoms with Gasteiger partial charge >= 0.3 is 11.4 Å². The lowest BCUT2D eigenvalue weighted by Gasteiger charge is -2.24. The van der Waals surface area contributed by atoms with Crippen molar-refractivity contribution < 1.29 is 27.5 Å². The van der Waals surface area contributed by atoms with Crippen LogP contribution in [0.1, 0.15) is 125 Å². The number of benzene rings is 2. The van der Waals surface area contributed by atoms with E-state index in [1.54, 1.807) is 58.0 Å². The standard InChI is InChI=1S/C42H63N5O8S/c1-8-10-12-13-14-15-16-17-18-22-28-56(53,54)30-31(3)38(49)43-32-25-26-35(55-7)34(29-32)44-39(50)36(37(48)42(4,5)6)46-40(51)45(27-11-9-2)47(41(46)52)33-23-20-19-21-24-33/h19-21,23-26,29,31,36H,8-18,22,27-28,30H2,1-7H3,(H,43,49)(H,44,50). The first-order chi connectivity index (χ1) is 26.6. The van der Waals surface area contributed by atoms with Crippen LogP contribution in [0, 0.1) is 11.3 Å². The smallest absolute Gasteiger partial charge is 0.353 e. The molecule has 0 saturated carbocycles. The van der Waals surface area contributed by atoms with Crippen LogP contribution < -0.4 is 26.7 Å². The molecule has 0 aliphatic rings. The third-order valence-corrected chi connectivity index (χ3v) is 11.7. The van der Waals surface area contributed by atoms with E-state index in [1.165, 1.54) is 73.2 Å². The molecule has 0 aliphatic carbocycles. The molecule has 2 unspecified atom stereocenters. The normalized spacial score (nSPS) is 12.9. The number of unbranched alkanes of at least 4 members (excludes halogenated alkanes) is 10. The lowest BCUT2D eigenvalue weighted by Crippen LogP contribution is -2.46. The number of ketones is 1. The Labute approximate surface area is 332 Å². The number of hydrogen-bond donors (Lipinski definition) is 2. The summed E-state index contributed by atoms with van der Waals surface area (Å²) >= 11 is 0. The van der Waals surface area contributed by atoms with Gasteiger partial charge in [0.2, 0.25) is 5.91 Å². The summed E-state index contributed by atoms with van der Waals surface area (Å²) in [6.07, 6.45) is 12.2. The van der Waals surface area contributed by atoms with Crippen molar-refractivity contribution in [1.82, 2.24) is 13.9 Å². The number of Topliss-reactive ketones (excluding diaryl/α,β-unsaturated/α-hetero) is 1. The number of aromatic nitrogens is 3.